The summed E-state index contributed by atoms with van der Waals surface area (Å²) in [5.74, 6) is -1.21. The number of amides is 2. The van der Waals surface area contributed by atoms with Crippen LogP contribution in [0, 0.1) is 23.0 Å². The first kappa shape index (κ1) is 17.3. The van der Waals surface area contributed by atoms with Gasteiger partial charge in [0, 0.05) is 25.3 Å². The largest absolute Gasteiger partial charge is 0.433 e. The molecule has 1 fully saturated rings. The molecule has 0 N–H and O–H groups in total. The quantitative estimate of drug-likeness (QED) is 0.612. The Labute approximate surface area is 155 Å². The Morgan fingerprint density at radius 1 is 1.22 bits per heavy atom. The minimum Gasteiger partial charge on any atom is -0.395 e. The van der Waals surface area contributed by atoms with Crippen LogP contribution in [0.5, 0.6) is 0 Å². The van der Waals surface area contributed by atoms with Crippen molar-refractivity contribution in [2.45, 2.75) is 19.8 Å². The maximum absolute atomic E-state index is 12.9. The first-order chi connectivity index (χ1) is 12.9. The summed E-state index contributed by atoms with van der Waals surface area (Å²) in [7, 11) is 0. The number of nitro groups is 1. The summed E-state index contributed by atoms with van der Waals surface area (Å²) < 4.78 is 4.95. The van der Waals surface area contributed by atoms with Gasteiger partial charge in [0.2, 0.25) is 5.91 Å². The van der Waals surface area contributed by atoms with Crippen LogP contribution in [-0.4, -0.2) is 41.3 Å². The van der Waals surface area contributed by atoms with E-state index in [1.807, 2.05) is 24.0 Å². The number of hydrogen-bond acceptors (Lipinski definition) is 5. The Morgan fingerprint density at radius 3 is 2.70 bits per heavy atom. The number of fused-ring (bicyclic) bond motifs is 1. The number of benzene rings is 1. The maximum Gasteiger partial charge on any atom is 0.433 e. The number of hydrogen-bond donors (Lipinski definition) is 0. The molecule has 0 radical (unpaired) electrons. The van der Waals surface area contributed by atoms with Gasteiger partial charge in [0.15, 0.2) is 5.76 Å². The Balaban J connectivity index is 1.42. The van der Waals surface area contributed by atoms with Gasteiger partial charge in [0.05, 0.1) is 12.0 Å². The SMILES string of the molecule is Cc1ccc2c(c1)CCCN2C(=O)C1CN(C(=O)c2ccc([N+](=O)[O-])o2)C1. The standard InChI is InChI=1S/C19H19N3O5/c1-12-4-5-15-13(9-12)3-2-8-21(15)18(23)14-10-20(11-14)19(24)16-6-7-17(27-16)22(25)26/h4-7,9,14H,2-3,8,10-11H2,1H3. The molecule has 2 amide bonds. The monoisotopic (exact) mass is 369 g/mol. The number of rotatable bonds is 3. The van der Waals surface area contributed by atoms with Crippen molar-refractivity contribution in [3.05, 3.63) is 57.3 Å². The Bertz CT molecular complexity index is 929. The second-order valence-electron chi connectivity index (χ2n) is 7.03. The molecule has 2 aromatic rings. The molecule has 0 spiro atoms. The van der Waals surface area contributed by atoms with Crippen molar-refractivity contribution < 1.29 is 18.9 Å². The molecule has 1 saturated heterocycles. The highest BCUT2D eigenvalue weighted by molar-refractivity contribution is 5.99. The highest BCUT2D eigenvalue weighted by Crippen LogP contribution is 2.31. The van der Waals surface area contributed by atoms with E-state index in [-0.39, 0.29) is 17.6 Å². The third kappa shape index (κ3) is 3.07. The van der Waals surface area contributed by atoms with Crippen molar-refractivity contribution in [1.29, 1.82) is 0 Å². The lowest BCUT2D eigenvalue weighted by Crippen LogP contribution is -2.57. The van der Waals surface area contributed by atoms with E-state index in [1.165, 1.54) is 22.1 Å². The average molecular weight is 369 g/mol. The molecule has 8 nitrogen and oxygen atoms in total. The molecule has 2 aliphatic heterocycles. The van der Waals surface area contributed by atoms with Gasteiger partial charge in [0.25, 0.3) is 5.91 Å². The van der Waals surface area contributed by atoms with Crippen molar-refractivity contribution in [2.24, 2.45) is 5.92 Å². The lowest BCUT2D eigenvalue weighted by atomic mass is 9.94. The zero-order chi connectivity index (χ0) is 19.1. The van der Waals surface area contributed by atoms with Gasteiger partial charge in [-0.25, -0.2) is 0 Å². The van der Waals surface area contributed by atoms with E-state index < -0.39 is 16.7 Å². The summed E-state index contributed by atoms with van der Waals surface area (Å²) in [6, 6.07) is 8.56. The molecule has 1 aromatic heterocycles. The van der Waals surface area contributed by atoms with Crippen LogP contribution < -0.4 is 4.90 Å². The van der Waals surface area contributed by atoms with Gasteiger partial charge in [-0.3, -0.25) is 19.7 Å². The summed E-state index contributed by atoms with van der Waals surface area (Å²) in [5.41, 5.74) is 3.32. The fourth-order valence-corrected chi connectivity index (χ4v) is 3.67. The van der Waals surface area contributed by atoms with E-state index in [0.717, 1.165) is 24.6 Å². The van der Waals surface area contributed by atoms with Crippen molar-refractivity contribution >= 4 is 23.4 Å². The van der Waals surface area contributed by atoms with E-state index in [4.69, 9.17) is 4.42 Å². The summed E-state index contributed by atoms with van der Waals surface area (Å²) >= 11 is 0. The Kier molecular flexibility index (Phi) is 4.18. The highest BCUT2D eigenvalue weighted by Gasteiger charge is 2.40. The zero-order valence-electron chi connectivity index (χ0n) is 14.9. The van der Waals surface area contributed by atoms with E-state index >= 15 is 0 Å². The van der Waals surface area contributed by atoms with Gasteiger partial charge in [-0.05, 0) is 37.5 Å². The molecule has 3 heterocycles. The molecule has 2 aliphatic rings. The van der Waals surface area contributed by atoms with Gasteiger partial charge in [-0.1, -0.05) is 17.7 Å². The van der Waals surface area contributed by atoms with Crippen LogP contribution in [0.3, 0.4) is 0 Å². The minimum absolute atomic E-state index is 0.0225. The van der Waals surface area contributed by atoms with Crippen LogP contribution in [0.15, 0.2) is 34.7 Å². The third-order valence-electron chi connectivity index (χ3n) is 5.12. The smallest absolute Gasteiger partial charge is 0.395 e. The van der Waals surface area contributed by atoms with Crippen molar-refractivity contribution in [3.8, 4) is 0 Å². The second kappa shape index (κ2) is 6.53. The van der Waals surface area contributed by atoms with Crippen LogP contribution in [0.25, 0.3) is 0 Å². The maximum atomic E-state index is 12.9. The number of anilines is 1. The Hall–Kier alpha value is -3.16. The molecule has 140 valence electrons. The molecule has 0 saturated carbocycles. The van der Waals surface area contributed by atoms with Crippen LogP contribution in [0.1, 0.15) is 28.1 Å². The number of furan rings is 1. The molecule has 4 rings (SSSR count). The van der Waals surface area contributed by atoms with E-state index in [0.29, 0.717) is 19.6 Å². The molecular formula is C19H19N3O5. The first-order valence-electron chi connectivity index (χ1n) is 8.88. The van der Waals surface area contributed by atoms with E-state index in [9.17, 15) is 19.7 Å². The summed E-state index contributed by atoms with van der Waals surface area (Å²) in [6.07, 6.45) is 1.89. The normalized spacial score (nSPS) is 16.6. The van der Waals surface area contributed by atoms with E-state index in [1.54, 1.807) is 0 Å². The number of aryl methyl sites for hydroxylation is 2. The molecule has 0 aliphatic carbocycles. The lowest BCUT2D eigenvalue weighted by Gasteiger charge is -2.41. The number of likely N-dealkylation sites (tertiary alicyclic amines) is 1. The summed E-state index contributed by atoms with van der Waals surface area (Å²) in [4.78, 5) is 38.5. The molecular weight excluding hydrogens is 350 g/mol. The van der Waals surface area contributed by atoms with Gasteiger partial charge >= 0.3 is 5.88 Å². The highest BCUT2D eigenvalue weighted by atomic mass is 16.6. The van der Waals surface area contributed by atoms with E-state index in [2.05, 4.69) is 6.07 Å². The van der Waals surface area contributed by atoms with Crippen LogP contribution in [-0.2, 0) is 11.2 Å². The third-order valence-corrected chi connectivity index (χ3v) is 5.12. The van der Waals surface area contributed by atoms with Crippen LogP contribution in [0.4, 0.5) is 11.6 Å². The van der Waals surface area contributed by atoms with Crippen molar-refractivity contribution in [2.75, 3.05) is 24.5 Å². The first-order valence-corrected chi connectivity index (χ1v) is 8.88. The molecule has 27 heavy (non-hydrogen) atoms. The Morgan fingerprint density at radius 2 is 2.00 bits per heavy atom. The van der Waals surface area contributed by atoms with Crippen LogP contribution >= 0.6 is 0 Å². The number of nitrogens with zero attached hydrogens (tertiary/aromatic N) is 3. The zero-order valence-corrected chi connectivity index (χ0v) is 14.9. The lowest BCUT2D eigenvalue weighted by molar-refractivity contribution is -0.402. The molecule has 8 heteroatoms. The topological polar surface area (TPSA) is 96.9 Å². The summed E-state index contributed by atoms with van der Waals surface area (Å²) in [5, 5.41) is 10.7. The average Bonchev–Trinajstić information content (AvgIpc) is 3.10. The van der Waals surface area contributed by atoms with Crippen LogP contribution in [0.2, 0.25) is 0 Å². The van der Waals surface area contributed by atoms with Gasteiger partial charge in [-0.2, -0.15) is 0 Å². The van der Waals surface area contributed by atoms with Gasteiger partial charge in [-0.15, -0.1) is 0 Å². The molecule has 0 atom stereocenters. The number of carbonyl (C=O) groups is 2. The minimum atomic E-state index is -0.686. The predicted molar refractivity (Wildman–Crippen MR) is 96.6 cm³/mol. The second-order valence-corrected chi connectivity index (χ2v) is 7.03. The van der Waals surface area contributed by atoms with Gasteiger partial charge in [0.1, 0.15) is 4.92 Å². The fourth-order valence-electron chi connectivity index (χ4n) is 3.67. The van der Waals surface area contributed by atoms with Crippen molar-refractivity contribution in [3.63, 3.8) is 0 Å². The molecule has 0 unspecified atom stereocenters. The summed E-state index contributed by atoms with van der Waals surface area (Å²) in [6.45, 7) is 3.31. The molecule has 0 bridgehead atoms. The number of carbonyl (C=O) groups excluding carboxylic acids is 2. The van der Waals surface area contributed by atoms with Crippen molar-refractivity contribution in [1.82, 2.24) is 4.90 Å². The molecule has 1 aromatic carbocycles. The fraction of sp³-hybridized carbons (Fsp3) is 0.368. The van der Waals surface area contributed by atoms with Gasteiger partial charge < -0.3 is 14.2 Å². The predicted octanol–water partition coefficient (Wildman–Crippen LogP) is 2.55.